The Kier molecular flexibility index (Phi) is 3.74. The van der Waals surface area contributed by atoms with Crippen molar-refractivity contribution < 1.29 is 8.42 Å². The molecule has 7 heteroatoms. The Hall–Kier alpha value is -0.920. The molecule has 0 unspecified atom stereocenters. The fourth-order valence-electron chi connectivity index (χ4n) is 2.31. The third kappa shape index (κ3) is 2.57. The van der Waals surface area contributed by atoms with Gasteiger partial charge in [0.2, 0.25) is 0 Å². The molecule has 18 heavy (non-hydrogen) atoms. The summed E-state index contributed by atoms with van der Waals surface area (Å²) in [5.41, 5.74) is 1.49. The lowest BCUT2D eigenvalue weighted by Crippen LogP contribution is -2.43. The molecule has 1 aliphatic rings. The van der Waals surface area contributed by atoms with E-state index < -0.39 is 10.0 Å². The van der Waals surface area contributed by atoms with Crippen molar-refractivity contribution in [2.24, 2.45) is 5.92 Å². The largest absolute Gasteiger partial charge is 0.316 e. The Bertz CT molecular complexity index is 517. The first kappa shape index (κ1) is 13.5. The van der Waals surface area contributed by atoms with E-state index in [4.69, 9.17) is 0 Å². The lowest BCUT2D eigenvalue weighted by Gasteiger charge is -2.32. The third-order valence-electron chi connectivity index (χ3n) is 3.34. The van der Waals surface area contributed by atoms with Crippen molar-refractivity contribution in [3.8, 4) is 0 Å². The van der Waals surface area contributed by atoms with E-state index in [2.05, 4.69) is 27.2 Å². The summed E-state index contributed by atoms with van der Waals surface area (Å²) >= 11 is 0. The molecule has 1 aliphatic carbocycles. The molecule has 0 atom stereocenters. The molecule has 1 aromatic rings. The van der Waals surface area contributed by atoms with Crippen molar-refractivity contribution in [1.29, 1.82) is 0 Å². The molecule has 1 saturated carbocycles. The highest BCUT2D eigenvalue weighted by Gasteiger charge is 2.32. The molecule has 0 spiro atoms. The second-order valence-corrected chi connectivity index (χ2v) is 6.69. The number of hydrogen-bond donors (Lipinski definition) is 3. The highest BCUT2D eigenvalue weighted by molar-refractivity contribution is 7.89. The first-order chi connectivity index (χ1) is 8.44. The maximum Gasteiger partial charge on any atom is 0.260 e. The van der Waals surface area contributed by atoms with Crippen LogP contribution in [0.1, 0.15) is 31.0 Å². The van der Waals surface area contributed by atoms with Crippen LogP contribution in [0.2, 0.25) is 0 Å². The highest BCUT2D eigenvalue weighted by atomic mass is 32.2. The maximum atomic E-state index is 12.2. The van der Waals surface area contributed by atoms with Crippen LogP contribution in [0.15, 0.2) is 5.03 Å². The zero-order chi connectivity index (χ0) is 13.3. The molecular weight excluding hydrogens is 252 g/mol. The predicted molar refractivity (Wildman–Crippen MR) is 68.6 cm³/mol. The van der Waals surface area contributed by atoms with Crippen LogP contribution in [-0.2, 0) is 16.6 Å². The van der Waals surface area contributed by atoms with Gasteiger partial charge in [0.25, 0.3) is 10.0 Å². The van der Waals surface area contributed by atoms with Crippen LogP contribution < -0.4 is 10.0 Å². The van der Waals surface area contributed by atoms with E-state index in [1.807, 2.05) is 6.92 Å². The van der Waals surface area contributed by atoms with E-state index in [1.54, 1.807) is 7.05 Å². The summed E-state index contributed by atoms with van der Waals surface area (Å²) in [6.07, 6.45) is 1.81. The monoisotopic (exact) mass is 272 g/mol. The van der Waals surface area contributed by atoms with Gasteiger partial charge >= 0.3 is 0 Å². The summed E-state index contributed by atoms with van der Waals surface area (Å²) in [5, 5.41) is 9.74. The first-order valence-corrected chi connectivity index (χ1v) is 7.63. The van der Waals surface area contributed by atoms with Gasteiger partial charge in [-0.05, 0) is 32.7 Å². The fraction of sp³-hybridized carbons (Fsp3) is 0.727. The van der Waals surface area contributed by atoms with E-state index in [-0.39, 0.29) is 11.1 Å². The Morgan fingerprint density at radius 2 is 2.11 bits per heavy atom. The van der Waals surface area contributed by atoms with Gasteiger partial charge in [0, 0.05) is 23.8 Å². The summed E-state index contributed by atoms with van der Waals surface area (Å²) in [5.74, 6) is 0.607. The van der Waals surface area contributed by atoms with Gasteiger partial charge in [-0.2, -0.15) is 5.10 Å². The standard InChI is InChI=1S/C11H20N4O2S/c1-7-4-9(5-7)15-18(16,17)11-10(6-12-3)8(2)13-14-11/h7,9,12,15H,4-6H2,1-3H3,(H,13,14). The molecule has 1 heterocycles. The van der Waals surface area contributed by atoms with Gasteiger partial charge in [0.1, 0.15) is 0 Å². The molecule has 0 radical (unpaired) electrons. The Morgan fingerprint density at radius 3 is 2.67 bits per heavy atom. The Morgan fingerprint density at radius 1 is 1.44 bits per heavy atom. The number of aromatic amines is 1. The van der Waals surface area contributed by atoms with Crippen molar-refractivity contribution >= 4 is 10.0 Å². The average molecular weight is 272 g/mol. The fourth-order valence-corrected chi connectivity index (χ4v) is 3.77. The summed E-state index contributed by atoms with van der Waals surface area (Å²) < 4.78 is 27.2. The molecule has 0 amide bonds. The van der Waals surface area contributed by atoms with E-state index in [0.717, 1.165) is 18.5 Å². The number of aryl methyl sites for hydroxylation is 1. The number of hydrogen-bond acceptors (Lipinski definition) is 4. The molecule has 102 valence electrons. The molecule has 0 aromatic carbocycles. The molecule has 1 fully saturated rings. The highest BCUT2D eigenvalue weighted by Crippen LogP contribution is 2.28. The van der Waals surface area contributed by atoms with Crippen LogP contribution in [0.3, 0.4) is 0 Å². The van der Waals surface area contributed by atoms with Crippen molar-refractivity contribution in [3.05, 3.63) is 11.3 Å². The number of nitrogens with zero attached hydrogens (tertiary/aromatic N) is 1. The van der Waals surface area contributed by atoms with E-state index >= 15 is 0 Å². The maximum absolute atomic E-state index is 12.2. The van der Waals surface area contributed by atoms with Gasteiger partial charge in [0.15, 0.2) is 5.03 Å². The molecule has 1 aromatic heterocycles. The molecule has 6 nitrogen and oxygen atoms in total. The number of rotatable bonds is 5. The predicted octanol–water partition coefficient (Wildman–Crippen LogP) is 0.514. The summed E-state index contributed by atoms with van der Waals surface area (Å²) in [6.45, 7) is 4.43. The molecule has 0 saturated heterocycles. The molecule has 0 bridgehead atoms. The Balaban J connectivity index is 2.19. The summed E-state index contributed by atoms with van der Waals surface area (Å²) in [7, 11) is -1.73. The van der Waals surface area contributed by atoms with Gasteiger partial charge in [-0.1, -0.05) is 6.92 Å². The zero-order valence-corrected chi connectivity index (χ0v) is 11.8. The van der Waals surface area contributed by atoms with Crippen LogP contribution in [0.25, 0.3) is 0 Å². The minimum Gasteiger partial charge on any atom is -0.316 e. The third-order valence-corrected chi connectivity index (χ3v) is 4.83. The van der Waals surface area contributed by atoms with Gasteiger partial charge in [-0.15, -0.1) is 0 Å². The zero-order valence-electron chi connectivity index (χ0n) is 10.9. The van der Waals surface area contributed by atoms with Crippen LogP contribution in [0.4, 0.5) is 0 Å². The number of nitrogens with one attached hydrogen (secondary N) is 3. The summed E-state index contributed by atoms with van der Waals surface area (Å²) in [6, 6.07) is 0.0597. The minimum absolute atomic E-state index is 0.0597. The second kappa shape index (κ2) is 4.99. The second-order valence-electron chi connectivity index (χ2n) is 5.06. The Labute approximate surface area is 108 Å². The van der Waals surface area contributed by atoms with Crippen LogP contribution in [0, 0.1) is 12.8 Å². The molecule has 3 N–H and O–H groups in total. The van der Waals surface area contributed by atoms with Gasteiger partial charge < -0.3 is 5.32 Å². The van der Waals surface area contributed by atoms with Gasteiger partial charge in [-0.3, -0.25) is 5.10 Å². The van der Waals surface area contributed by atoms with Crippen LogP contribution >= 0.6 is 0 Å². The van der Waals surface area contributed by atoms with Crippen molar-refractivity contribution in [2.75, 3.05) is 7.05 Å². The molecule has 0 aliphatic heterocycles. The minimum atomic E-state index is -3.51. The normalized spacial score (nSPS) is 23.9. The van der Waals surface area contributed by atoms with Gasteiger partial charge in [0.05, 0.1) is 0 Å². The number of H-pyrrole nitrogens is 1. The number of aromatic nitrogens is 2. The van der Waals surface area contributed by atoms with Crippen molar-refractivity contribution in [2.45, 2.75) is 44.3 Å². The topological polar surface area (TPSA) is 86.9 Å². The van der Waals surface area contributed by atoms with E-state index in [0.29, 0.717) is 18.0 Å². The lowest BCUT2D eigenvalue weighted by atomic mass is 9.83. The van der Waals surface area contributed by atoms with Crippen LogP contribution in [-0.4, -0.2) is 31.7 Å². The van der Waals surface area contributed by atoms with Gasteiger partial charge in [-0.25, -0.2) is 13.1 Å². The van der Waals surface area contributed by atoms with E-state index in [1.165, 1.54) is 0 Å². The summed E-state index contributed by atoms with van der Waals surface area (Å²) in [4.78, 5) is 0. The van der Waals surface area contributed by atoms with E-state index in [9.17, 15) is 8.42 Å². The average Bonchev–Trinajstić information content (AvgIpc) is 2.59. The quantitative estimate of drug-likeness (QED) is 0.729. The molecular formula is C11H20N4O2S. The van der Waals surface area contributed by atoms with Crippen LogP contribution in [0.5, 0.6) is 0 Å². The SMILES string of the molecule is CNCc1c(S(=O)(=O)NC2CC(C)C2)n[nH]c1C. The molecule has 2 rings (SSSR count). The van der Waals surface area contributed by atoms with Crippen molar-refractivity contribution in [1.82, 2.24) is 20.2 Å². The first-order valence-electron chi connectivity index (χ1n) is 6.14. The number of sulfonamides is 1. The van der Waals surface area contributed by atoms with Crippen molar-refractivity contribution in [3.63, 3.8) is 0 Å². The smallest absolute Gasteiger partial charge is 0.260 e. The lowest BCUT2D eigenvalue weighted by molar-refractivity contribution is 0.270.